The molecule has 2 saturated carbocycles. The summed E-state index contributed by atoms with van der Waals surface area (Å²) in [7, 11) is 3.01. The molecule has 0 spiro atoms. The van der Waals surface area contributed by atoms with Gasteiger partial charge < -0.3 is 26.4 Å². The molecule has 0 radical (unpaired) electrons. The number of aromatic hydroxyl groups is 1. The highest BCUT2D eigenvalue weighted by Gasteiger charge is 2.69. The molecule has 1 aromatic rings. The van der Waals surface area contributed by atoms with Crippen LogP contribution >= 0.6 is 0 Å². The second kappa shape index (κ2) is 9.97. The van der Waals surface area contributed by atoms with E-state index in [-0.39, 0.29) is 43.4 Å². The lowest BCUT2D eigenvalue weighted by atomic mass is 9.52. The van der Waals surface area contributed by atoms with Gasteiger partial charge in [0, 0.05) is 18.8 Å². The van der Waals surface area contributed by atoms with Crippen molar-refractivity contribution in [1.29, 1.82) is 0 Å². The van der Waals surface area contributed by atoms with Gasteiger partial charge in [0.25, 0.3) is 0 Å². The number of nitrogens with two attached hydrogens (primary N) is 1. The number of primary amides is 1. The van der Waals surface area contributed by atoms with E-state index < -0.39 is 82.0 Å². The van der Waals surface area contributed by atoms with Crippen LogP contribution in [0.25, 0.3) is 0 Å². The number of carbonyl (C=O) groups is 7. The van der Waals surface area contributed by atoms with Crippen LogP contribution < -0.4 is 11.1 Å². The number of fused-ring (bicyclic) bond motifs is 3. The van der Waals surface area contributed by atoms with Crippen molar-refractivity contribution in [1.82, 2.24) is 4.90 Å². The van der Waals surface area contributed by atoms with Crippen molar-refractivity contribution >= 4 is 46.6 Å². The maximum absolute atomic E-state index is 13.8. The zero-order chi connectivity index (χ0) is 29.0. The minimum atomic E-state index is -2.82. The monoisotopic (exact) mass is 543 g/mol. The van der Waals surface area contributed by atoms with Crippen molar-refractivity contribution in [3.63, 3.8) is 0 Å². The number of Topliss-reactive ketones (excluding diaryl/α,β-unsaturated/α-hetero) is 4. The Labute approximate surface area is 222 Å². The summed E-state index contributed by atoms with van der Waals surface area (Å²) in [6, 6.07) is 1.70. The molecular weight excluding hydrogens is 514 g/mol. The fourth-order valence-corrected chi connectivity index (χ4v) is 6.29. The number of carboxylic acids is 1. The van der Waals surface area contributed by atoms with Crippen LogP contribution in [0.4, 0.5) is 5.69 Å². The topological polar surface area (TPSA) is 221 Å². The van der Waals surface area contributed by atoms with E-state index in [1.807, 2.05) is 0 Å². The van der Waals surface area contributed by atoms with Gasteiger partial charge in [-0.05, 0) is 50.9 Å². The molecule has 39 heavy (non-hydrogen) atoms. The van der Waals surface area contributed by atoms with E-state index in [0.717, 1.165) is 0 Å². The Bertz CT molecular complexity index is 1320. The Morgan fingerprint density at radius 2 is 1.77 bits per heavy atom. The quantitative estimate of drug-likeness (QED) is 0.208. The maximum atomic E-state index is 13.8. The average Bonchev–Trinajstić information content (AvgIpc) is 2.82. The van der Waals surface area contributed by atoms with E-state index in [1.54, 1.807) is 0 Å². The number of amides is 2. The van der Waals surface area contributed by atoms with Crippen molar-refractivity contribution in [2.24, 2.45) is 29.4 Å². The molecule has 0 aromatic heterocycles. The molecule has 4 rings (SSSR count). The van der Waals surface area contributed by atoms with Crippen LogP contribution in [0.3, 0.4) is 0 Å². The van der Waals surface area contributed by atoms with E-state index in [2.05, 4.69) is 5.32 Å². The summed E-state index contributed by atoms with van der Waals surface area (Å²) in [6.45, 7) is 0. The number of nitrogens with one attached hydrogen (secondary N) is 1. The van der Waals surface area contributed by atoms with Crippen LogP contribution in [0.1, 0.15) is 41.6 Å². The molecule has 1 aromatic carbocycles. The van der Waals surface area contributed by atoms with E-state index in [4.69, 9.17) is 10.8 Å². The molecule has 13 heteroatoms. The number of hydrogen-bond donors (Lipinski definition) is 5. The second-order valence-corrected chi connectivity index (χ2v) is 10.6. The third-order valence-corrected chi connectivity index (χ3v) is 8.00. The summed E-state index contributed by atoms with van der Waals surface area (Å²) >= 11 is 0. The molecule has 3 aliphatic rings. The number of likely N-dealkylation sites (N-methyl/N-ethyl adjacent to an activating group) is 1. The smallest absolute Gasteiger partial charge is 0.303 e. The molecule has 13 nitrogen and oxygen atoms in total. The Balaban J connectivity index is 1.70. The summed E-state index contributed by atoms with van der Waals surface area (Å²) in [5.74, 6) is -13.3. The molecule has 0 saturated heterocycles. The molecule has 2 amide bonds. The third kappa shape index (κ3) is 4.40. The average molecular weight is 544 g/mol. The number of carbonyl (C=O) groups excluding carboxylic acids is 6. The fourth-order valence-electron chi connectivity index (χ4n) is 6.29. The number of carboxylic acid groups (broad SMARTS) is 1. The van der Waals surface area contributed by atoms with Gasteiger partial charge in [-0.2, -0.15) is 0 Å². The second-order valence-electron chi connectivity index (χ2n) is 10.6. The van der Waals surface area contributed by atoms with E-state index >= 15 is 0 Å². The minimum absolute atomic E-state index is 0.0561. The molecule has 0 bridgehead atoms. The Hall–Kier alpha value is -3.97. The standard InChI is InChI=1S/C26H29N3O10/c1-29(2)19-12-9-11-8-10-6-7-13(28-14(30)4-3-5-15(31)32)20(33)16(10)21(34)17(11)23(36)26(12,39)24(37)18(22(19)35)25(27)38/h6-7,11-12,17-19,33,39H,3-5,8-9H2,1-2H3,(H2,27,38)(H,28,30)(H,31,32)/t11-,12-,17?,18?,19-,26-/m1/s1. The Morgan fingerprint density at radius 1 is 1.10 bits per heavy atom. The first-order valence-corrected chi connectivity index (χ1v) is 12.4. The van der Waals surface area contributed by atoms with Crippen molar-refractivity contribution in [2.45, 2.75) is 43.7 Å². The van der Waals surface area contributed by atoms with Gasteiger partial charge in [0.1, 0.15) is 5.75 Å². The summed E-state index contributed by atoms with van der Waals surface area (Å²) in [5.41, 5.74) is 2.49. The highest BCUT2D eigenvalue weighted by Crippen LogP contribution is 2.51. The van der Waals surface area contributed by atoms with Crippen LogP contribution in [-0.2, 0) is 35.2 Å². The Kier molecular flexibility index (Phi) is 7.17. The normalized spacial score (nSPS) is 29.9. The van der Waals surface area contributed by atoms with Crippen LogP contribution in [0.5, 0.6) is 5.75 Å². The lowest BCUT2D eigenvalue weighted by Crippen LogP contribution is -2.74. The number of aliphatic carboxylic acids is 1. The van der Waals surface area contributed by atoms with Crippen molar-refractivity contribution in [3.05, 3.63) is 23.3 Å². The number of nitrogens with zero attached hydrogens (tertiary/aromatic N) is 1. The number of benzene rings is 1. The number of rotatable bonds is 7. The lowest BCUT2D eigenvalue weighted by molar-refractivity contribution is -0.181. The van der Waals surface area contributed by atoms with Gasteiger partial charge >= 0.3 is 5.97 Å². The number of hydrogen-bond acceptors (Lipinski definition) is 10. The Morgan fingerprint density at radius 3 is 2.36 bits per heavy atom. The first-order valence-electron chi connectivity index (χ1n) is 12.4. The van der Waals surface area contributed by atoms with Gasteiger partial charge in [-0.1, -0.05) is 6.07 Å². The molecule has 0 aliphatic heterocycles. The van der Waals surface area contributed by atoms with Gasteiger partial charge in [0.15, 0.2) is 34.7 Å². The molecule has 2 unspecified atom stereocenters. The number of phenolic OH excluding ortho intramolecular Hbond substituents is 1. The number of aliphatic hydroxyl groups is 1. The molecule has 3 aliphatic carbocycles. The summed E-state index contributed by atoms with van der Waals surface area (Å²) in [5, 5.41) is 33.6. The van der Waals surface area contributed by atoms with E-state index in [1.165, 1.54) is 31.1 Å². The van der Waals surface area contributed by atoms with E-state index in [9.17, 15) is 43.8 Å². The van der Waals surface area contributed by atoms with Gasteiger partial charge in [-0.25, -0.2) is 0 Å². The number of anilines is 1. The van der Waals surface area contributed by atoms with Gasteiger partial charge in [-0.3, -0.25) is 38.5 Å². The highest BCUT2D eigenvalue weighted by molar-refractivity contribution is 6.32. The molecule has 6 N–H and O–H groups in total. The summed E-state index contributed by atoms with van der Waals surface area (Å²) < 4.78 is 0. The third-order valence-electron chi connectivity index (χ3n) is 8.00. The largest absolute Gasteiger partial charge is 0.505 e. The predicted molar refractivity (Wildman–Crippen MR) is 131 cm³/mol. The zero-order valence-electron chi connectivity index (χ0n) is 21.3. The van der Waals surface area contributed by atoms with Crippen molar-refractivity contribution < 1.29 is 48.9 Å². The van der Waals surface area contributed by atoms with Gasteiger partial charge in [0.05, 0.1) is 23.2 Å². The zero-order valence-corrected chi connectivity index (χ0v) is 21.3. The predicted octanol–water partition coefficient (Wildman–Crippen LogP) is -0.940. The van der Waals surface area contributed by atoms with Gasteiger partial charge in [-0.15, -0.1) is 0 Å². The fraction of sp³-hybridized carbons (Fsp3) is 0.500. The van der Waals surface area contributed by atoms with Crippen molar-refractivity contribution in [3.8, 4) is 5.75 Å². The first kappa shape index (κ1) is 28.0. The first-order chi connectivity index (χ1) is 18.2. The minimum Gasteiger partial charge on any atom is -0.505 e. The molecular formula is C26H29N3O10. The van der Waals surface area contributed by atoms with Gasteiger partial charge in [0.2, 0.25) is 11.8 Å². The van der Waals surface area contributed by atoms with Crippen LogP contribution in [0, 0.1) is 23.7 Å². The van der Waals surface area contributed by atoms with Crippen LogP contribution in [0.15, 0.2) is 12.1 Å². The lowest BCUT2D eigenvalue weighted by Gasteiger charge is -2.52. The highest BCUT2D eigenvalue weighted by atomic mass is 16.4. The van der Waals surface area contributed by atoms with E-state index in [0.29, 0.717) is 5.56 Å². The summed E-state index contributed by atoms with van der Waals surface area (Å²) in [6.07, 6.45) is -0.282. The van der Waals surface area contributed by atoms with Crippen LogP contribution in [0.2, 0.25) is 0 Å². The molecule has 6 atom stereocenters. The molecule has 208 valence electrons. The van der Waals surface area contributed by atoms with Crippen molar-refractivity contribution in [2.75, 3.05) is 19.4 Å². The summed E-state index contributed by atoms with van der Waals surface area (Å²) in [4.78, 5) is 90.0. The van der Waals surface area contributed by atoms with Crippen LogP contribution in [-0.4, -0.2) is 86.9 Å². The number of ketones is 4. The maximum Gasteiger partial charge on any atom is 0.303 e. The molecule has 2 fully saturated rings. The SMILES string of the molecule is CN(C)[C@H]1C(=O)C(C(N)=O)C(=O)[C@]2(O)C(=O)C3C(=O)c4c(ccc(NC(=O)CCCC(=O)O)c4O)C[C@@H]3C[C@H]12. The molecule has 0 heterocycles. The number of phenols is 1.